The fourth-order valence-corrected chi connectivity index (χ4v) is 6.10. The van der Waals surface area contributed by atoms with E-state index in [0.29, 0.717) is 38.8 Å². The number of carbonyl (C=O) groups is 4. The third-order valence-corrected chi connectivity index (χ3v) is 8.70. The molecule has 0 aliphatic carbocycles. The van der Waals surface area contributed by atoms with Gasteiger partial charge in [-0.15, -0.1) is 0 Å². The van der Waals surface area contributed by atoms with Crippen molar-refractivity contribution in [2.45, 2.75) is 180 Å². The van der Waals surface area contributed by atoms with Crippen LogP contribution >= 0.6 is 0 Å². The second kappa shape index (κ2) is 26.9. The molecule has 0 unspecified atom stereocenters. The van der Waals surface area contributed by atoms with Crippen LogP contribution in [0.25, 0.3) is 0 Å². The summed E-state index contributed by atoms with van der Waals surface area (Å²) in [6, 6.07) is -1.15. The molecule has 9 heteroatoms. The Kier molecular flexibility index (Phi) is 25.9. The largest absolute Gasteiger partial charge is 0.480 e. The van der Waals surface area contributed by atoms with Crippen LogP contribution < -0.4 is 0 Å². The van der Waals surface area contributed by atoms with Gasteiger partial charge in [-0.3, -0.25) is 9.59 Å². The summed E-state index contributed by atoms with van der Waals surface area (Å²) in [6.45, 7) is 5.69. The smallest absolute Gasteiger partial charge is 0.326 e. The van der Waals surface area contributed by atoms with E-state index in [9.17, 15) is 19.2 Å². The molecule has 0 aromatic rings. The number of rotatable bonds is 22. The van der Waals surface area contributed by atoms with Gasteiger partial charge in [0.1, 0.15) is 12.1 Å². The van der Waals surface area contributed by atoms with Crippen LogP contribution in [0, 0.1) is 0 Å². The van der Waals surface area contributed by atoms with Crippen molar-refractivity contribution in [2.75, 3.05) is 13.1 Å². The summed E-state index contributed by atoms with van der Waals surface area (Å²) >= 11 is 0. The summed E-state index contributed by atoms with van der Waals surface area (Å²) in [5, 5.41) is 18.1. The van der Waals surface area contributed by atoms with E-state index in [1.807, 2.05) is 0 Å². The Morgan fingerprint density at radius 3 is 1.07 bits per heavy atom. The molecular formula is C34H62N2O6Zn. The minimum atomic E-state index is -0.854. The number of unbranched alkanes of at least 4 members (excludes halogenated alkanes) is 16. The SMILES string of the molecule is CCCCCCCCCCCC(=O)N1CCC[C@H]1C(=O)O.CCCCCCCCCCCC(=O)N1CCC[C@H]1C(=O)O.[Zn]. The molecule has 2 saturated heterocycles. The number of hydrogen-bond acceptors (Lipinski definition) is 4. The van der Waals surface area contributed by atoms with E-state index in [-0.39, 0.29) is 31.3 Å². The number of carboxylic acids is 2. The van der Waals surface area contributed by atoms with Crippen molar-refractivity contribution >= 4 is 23.8 Å². The zero-order valence-electron chi connectivity index (χ0n) is 27.7. The van der Waals surface area contributed by atoms with E-state index in [1.54, 1.807) is 9.80 Å². The summed E-state index contributed by atoms with van der Waals surface area (Å²) in [5.41, 5.74) is 0. The molecule has 2 aliphatic heterocycles. The summed E-state index contributed by atoms with van der Waals surface area (Å²) in [7, 11) is 0. The van der Waals surface area contributed by atoms with Crippen LogP contribution in [0.1, 0.15) is 168 Å². The molecule has 2 amide bonds. The van der Waals surface area contributed by atoms with Gasteiger partial charge >= 0.3 is 11.9 Å². The number of amides is 2. The van der Waals surface area contributed by atoms with E-state index in [4.69, 9.17) is 10.2 Å². The van der Waals surface area contributed by atoms with Crippen molar-refractivity contribution < 1.29 is 48.9 Å². The Balaban J connectivity index is 0.000000802. The maximum absolute atomic E-state index is 12.0. The molecule has 2 atom stereocenters. The zero-order chi connectivity index (χ0) is 31.0. The molecule has 0 bridgehead atoms. The minimum absolute atomic E-state index is 0. The fourth-order valence-electron chi connectivity index (χ4n) is 6.10. The van der Waals surface area contributed by atoms with Gasteiger partial charge in [-0.05, 0) is 38.5 Å². The molecule has 2 aliphatic rings. The van der Waals surface area contributed by atoms with Gasteiger partial charge < -0.3 is 20.0 Å². The van der Waals surface area contributed by atoms with Crippen LogP contribution in [0.4, 0.5) is 0 Å². The van der Waals surface area contributed by atoms with Gasteiger partial charge in [0.25, 0.3) is 0 Å². The standard InChI is InChI=1S/2C17H31NO3.Zn/c2*1-2-3-4-5-6-7-8-9-10-13-16(19)18-14-11-12-15(18)17(20)21;/h2*15H,2-14H2,1H3,(H,20,21);/t2*15-;/m00./s1. The van der Waals surface area contributed by atoms with E-state index in [0.717, 1.165) is 38.5 Å². The molecular weight excluding hydrogens is 598 g/mol. The van der Waals surface area contributed by atoms with Gasteiger partial charge in [-0.1, -0.05) is 117 Å². The molecule has 43 heavy (non-hydrogen) atoms. The maximum atomic E-state index is 12.0. The average Bonchev–Trinajstić information content (AvgIpc) is 3.66. The van der Waals surface area contributed by atoms with Crippen molar-refractivity contribution in [1.82, 2.24) is 9.80 Å². The number of carbonyl (C=O) groups excluding carboxylic acids is 2. The maximum Gasteiger partial charge on any atom is 0.326 e. The number of likely N-dealkylation sites (tertiary alicyclic amines) is 2. The van der Waals surface area contributed by atoms with Crippen LogP contribution in [-0.2, 0) is 38.7 Å². The van der Waals surface area contributed by atoms with Crippen LogP contribution in [0.15, 0.2) is 0 Å². The van der Waals surface area contributed by atoms with Gasteiger partial charge in [0.2, 0.25) is 11.8 Å². The molecule has 0 aromatic heterocycles. The first-order valence-electron chi connectivity index (χ1n) is 17.4. The van der Waals surface area contributed by atoms with Gasteiger partial charge in [0.05, 0.1) is 0 Å². The summed E-state index contributed by atoms with van der Waals surface area (Å²) in [4.78, 5) is 49.3. The predicted molar refractivity (Wildman–Crippen MR) is 168 cm³/mol. The van der Waals surface area contributed by atoms with Crippen molar-refractivity contribution in [3.05, 3.63) is 0 Å². The molecule has 2 heterocycles. The van der Waals surface area contributed by atoms with Crippen LogP contribution in [0.2, 0.25) is 0 Å². The first kappa shape index (κ1) is 41.5. The van der Waals surface area contributed by atoms with Gasteiger partial charge in [-0.25, -0.2) is 9.59 Å². The molecule has 0 spiro atoms. The summed E-state index contributed by atoms with van der Waals surface area (Å²) in [5.74, 6) is -1.65. The minimum Gasteiger partial charge on any atom is -0.480 e. The Morgan fingerprint density at radius 1 is 0.512 bits per heavy atom. The van der Waals surface area contributed by atoms with Crippen molar-refractivity contribution in [1.29, 1.82) is 0 Å². The normalized spacial score (nSPS) is 17.7. The molecule has 2 fully saturated rings. The van der Waals surface area contributed by atoms with Crippen molar-refractivity contribution in [3.63, 3.8) is 0 Å². The first-order valence-corrected chi connectivity index (χ1v) is 17.4. The summed E-state index contributed by atoms with van der Waals surface area (Å²) in [6.07, 6.45) is 26.0. The van der Waals surface area contributed by atoms with Gasteiger partial charge in [0, 0.05) is 45.4 Å². The zero-order valence-corrected chi connectivity index (χ0v) is 30.6. The van der Waals surface area contributed by atoms with Gasteiger partial charge in [0.15, 0.2) is 0 Å². The molecule has 0 saturated carbocycles. The van der Waals surface area contributed by atoms with Crippen LogP contribution in [0.5, 0.6) is 0 Å². The number of nitrogens with zero attached hydrogens (tertiary/aromatic N) is 2. The number of hydrogen-bond donors (Lipinski definition) is 2. The molecule has 0 aromatic carbocycles. The fraction of sp³-hybridized carbons (Fsp3) is 0.882. The molecule has 0 radical (unpaired) electrons. The third-order valence-electron chi connectivity index (χ3n) is 8.70. The van der Waals surface area contributed by atoms with Crippen molar-refractivity contribution in [2.24, 2.45) is 0 Å². The molecule has 2 N–H and O–H groups in total. The average molecular weight is 660 g/mol. The van der Waals surface area contributed by atoms with Crippen LogP contribution in [0.3, 0.4) is 0 Å². The Hall–Kier alpha value is -1.50. The number of aliphatic carboxylic acids is 2. The third kappa shape index (κ3) is 18.8. The summed E-state index contributed by atoms with van der Waals surface area (Å²) < 4.78 is 0. The predicted octanol–water partition coefficient (Wildman–Crippen LogP) is 7.96. The van der Waals surface area contributed by atoms with Crippen molar-refractivity contribution in [3.8, 4) is 0 Å². The van der Waals surface area contributed by atoms with E-state index in [1.165, 1.54) is 89.9 Å². The van der Waals surface area contributed by atoms with Gasteiger partial charge in [-0.2, -0.15) is 0 Å². The first-order chi connectivity index (χ1) is 20.3. The van der Waals surface area contributed by atoms with E-state index < -0.39 is 24.0 Å². The Morgan fingerprint density at radius 2 is 0.791 bits per heavy atom. The Labute approximate surface area is 274 Å². The topological polar surface area (TPSA) is 115 Å². The second-order valence-electron chi connectivity index (χ2n) is 12.3. The molecule has 246 valence electrons. The number of carboxylic acid groups (broad SMARTS) is 2. The molecule has 8 nitrogen and oxygen atoms in total. The quantitative estimate of drug-likeness (QED) is 0.0900. The van der Waals surface area contributed by atoms with E-state index >= 15 is 0 Å². The van der Waals surface area contributed by atoms with Crippen LogP contribution in [-0.4, -0.2) is 68.9 Å². The second-order valence-corrected chi connectivity index (χ2v) is 12.3. The molecule has 2 rings (SSSR count). The van der Waals surface area contributed by atoms with E-state index in [2.05, 4.69) is 13.8 Å². The Bertz CT molecular complexity index is 703. The monoisotopic (exact) mass is 658 g/mol.